The molecule has 0 saturated carbocycles. The molecule has 0 radical (unpaired) electrons. The minimum atomic E-state index is -0.679. The van der Waals surface area contributed by atoms with Crippen LogP contribution >= 0.6 is 11.3 Å². The summed E-state index contributed by atoms with van der Waals surface area (Å²) in [5.41, 5.74) is 1.44. The first-order valence-electron chi connectivity index (χ1n) is 9.70. The number of hydrogen-bond acceptors (Lipinski definition) is 7. The van der Waals surface area contributed by atoms with E-state index in [1.165, 1.54) is 17.4 Å². The third-order valence-electron chi connectivity index (χ3n) is 4.80. The highest BCUT2D eigenvalue weighted by Gasteiger charge is 2.22. The molecule has 7 nitrogen and oxygen atoms in total. The van der Waals surface area contributed by atoms with Gasteiger partial charge in [-0.25, -0.2) is 4.79 Å². The summed E-state index contributed by atoms with van der Waals surface area (Å²) in [5.74, 6) is 0.136. The van der Waals surface area contributed by atoms with Crippen molar-refractivity contribution in [1.29, 1.82) is 0 Å². The van der Waals surface area contributed by atoms with E-state index >= 15 is 0 Å². The average Bonchev–Trinajstić information content (AvgIpc) is 3.30. The van der Waals surface area contributed by atoms with Crippen molar-refractivity contribution in [2.75, 3.05) is 24.7 Å². The van der Waals surface area contributed by atoms with Gasteiger partial charge in [0.15, 0.2) is 18.1 Å². The lowest BCUT2D eigenvalue weighted by Gasteiger charge is -2.25. The lowest BCUT2D eigenvalue weighted by molar-refractivity contribution is -0.121. The van der Waals surface area contributed by atoms with Crippen LogP contribution in [0.3, 0.4) is 0 Å². The third kappa shape index (κ3) is 4.80. The van der Waals surface area contributed by atoms with Gasteiger partial charge in [0.1, 0.15) is 19.0 Å². The highest BCUT2D eigenvalue weighted by molar-refractivity contribution is 7.09. The number of carbonyl (C=O) groups excluding carboxylic acids is 2. The summed E-state index contributed by atoms with van der Waals surface area (Å²) in [6.45, 7) is 2.54. The minimum absolute atomic E-state index is 0.00335. The van der Waals surface area contributed by atoms with Gasteiger partial charge in [-0.15, -0.1) is 11.3 Å². The molecule has 0 aliphatic carbocycles. The molecule has 3 aromatic rings. The fourth-order valence-corrected chi connectivity index (χ4v) is 3.80. The number of phenols is 1. The molecule has 0 atom stereocenters. The molecule has 31 heavy (non-hydrogen) atoms. The van der Waals surface area contributed by atoms with Gasteiger partial charge >= 0.3 is 5.97 Å². The number of carbonyl (C=O) groups is 2. The van der Waals surface area contributed by atoms with Crippen LogP contribution in [0, 0.1) is 6.92 Å². The Hall–Kier alpha value is -3.52. The molecule has 1 amide bonds. The normalized spacial score (nSPS) is 12.3. The first-order chi connectivity index (χ1) is 15.0. The Kier molecular flexibility index (Phi) is 6.08. The van der Waals surface area contributed by atoms with Crippen LogP contribution in [0.1, 0.15) is 20.8 Å². The Morgan fingerprint density at radius 3 is 2.65 bits per heavy atom. The number of rotatable bonds is 6. The molecular formula is C23H21NO6S. The second-order valence-electron chi connectivity index (χ2n) is 6.96. The van der Waals surface area contributed by atoms with Crippen LogP contribution in [0.5, 0.6) is 17.2 Å². The molecule has 0 bridgehead atoms. The summed E-state index contributed by atoms with van der Waals surface area (Å²) in [4.78, 5) is 27.9. The molecular weight excluding hydrogens is 418 g/mol. The first-order valence-corrected chi connectivity index (χ1v) is 10.6. The Bertz CT molecular complexity index is 1100. The number of amides is 1. The van der Waals surface area contributed by atoms with Gasteiger partial charge in [-0.1, -0.05) is 12.1 Å². The zero-order chi connectivity index (χ0) is 21.8. The van der Waals surface area contributed by atoms with E-state index in [1.54, 1.807) is 42.2 Å². The van der Waals surface area contributed by atoms with Crippen molar-refractivity contribution in [2.45, 2.75) is 13.5 Å². The molecule has 1 aromatic heterocycles. The number of phenolic OH excluding ortho intramolecular Hbond substituents is 1. The topological polar surface area (TPSA) is 85.3 Å². The highest BCUT2D eigenvalue weighted by atomic mass is 32.1. The van der Waals surface area contributed by atoms with E-state index in [1.807, 2.05) is 17.5 Å². The number of thiophene rings is 1. The second kappa shape index (κ2) is 9.09. The van der Waals surface area contributed by atoms with Crippen LogP contribution in [-0.4, -0.2) is 36.8 Å². The van der Waals surface area contributed by atoms with E-state index in [-0.39, 0.29) is 17.2 Å². The first kappa shape index (κ1) is 20.7. The number of aryl methyl sites for hydroxylation is 1. The van der Waals surface area contributed by atoms with Crippen LogP contribution in [0.15, 0.2) is 53.9 Å². The van der Waals surface area contributed by atoms with Gasteiger partial charge in [-0.2, -0.15) is 0 Å². The molecule has 1 aliphatic heterocycles. The Labute approximate surface area is 183 Å². The Morgan fingerprint density at radius 1 is 1.10 bits per heavy atom. The monoisotopic (exact) mass is 439 g/mol. The average molecular weight is 439 g/mol. The van der Waals surface area contributed by atoms with Crippen molar-refractivity contribution in [3.63, 3.8) is 0 Å². The maximum absolute atomic E-state index is 13.0. The number of nitrogens with zero attached hydrogens (tertiary/aromatic N) is 1. The van der Waals surface area contributed by atoms with Crippen molar-refractivity contribution >= 4 is 28.9 Å². The van der Waals surface area contributed by atoms with E-state index in [0.29, 0.717) is 42.5 Å². The fourth-order valence-electron chi connectivity index (χ4n) is 3.11. The molecule has 8 heteroatoms. The largest absolute Gasteiger partial charge is 0.508 e. The molecule has 0 unspecified atom stereocenters. The maximum Gasteiger partial charge on any atom is 0.338 e. The highest BCUT2D eigenvalue weighted by Crippen LogP contribution is 2.34. The summed E-state index contributed by atoms with van der Waals surface area (Å²) in [6.07, 6.45) is 0. The molecule has 0 fully saturated rings. The van der Waals surface area contributed by atoms with Gasteiger partial charge in [0.2, 0.25) is 0 Å². The van der Waals surface area contributed by atoms with Crippen LogP contribution in [-0.2, 0) is 16.1 Å². The Morgan fingerprint density at radius 2 is 1.90 bits per heavy atom. The molecule has 1 aliphatic rings. The molecule has 1 N–H and O–H groups in total. The molecule has 0 saturated heterocycles. The molecule has 2 aromatic carbocycles. The van der Waals surface area contributed by atoms with Gasteiger partial charge in [0, 0.05) is 16.6 Å². The van der Waals surface area contributed by atoms with Crippen molar-refractivity contribution in [3.05, 3.63) is 69.9 Å². The summed E-state index contributed by atoms with van der Waals surface area (Å²) in [5, 5.41) is 11.7. The summed E-state index contributed by atoms with van der Waals surface area (Å²) in [7, 11) is 0. The van der Waals surface area contributed by atoms with E-state index in [0.717, 1.165) is 4.88 Å². The van der Waals surface area contributed by atoms with Crippen molar-refractivity contribution < 1.29 is 28.9 Å². The van der Waals surface area contributed by atoms with Gasteiger partial charge in [-0.05, 0) is 48.2 Å². The van der Waals surface area contributed by atoms with Crippen LogP contribution in [0.25, 0.3) is 0 Å². The summed E-state index contributed by atoms with van der Waals surface area (Å²) < 4.78 is 16.4. The predicted octanol–water partition coefficient (Wildman–Crippen LogP) is 3.92. The summed E-state index contributed by atoms with van der Waals surface area (Å²) in [6, 6.07) is 13.6. The lowest BCUT2D eigenvalue weighted by Crippen LogP contribution is -2.34. The Balaban J connectivity index is 1.51. The van der Waals surface area contributed by atoms with E-state index < -0.39 is 12.6 Å². The molecule has 2 heterocycles. The van der Waals surface area contributed by atoms with Crippen molar-refractivity contribution in [1.82, 2.24) is 0 Å². The smallest absolute Gasteiger partial charge is 0.338 e. The van der Waals surface area contributed by atoms with Gasteiger partial charge in [0.05, 0.1) is 12.1 Å². The molecule has 4 rings (SSSR count). The molecule has 160 valence electrons. The fraction of sp³-hybridized carbons (Fsp3) is 0.217. The number of benzene rings is 2. The van der Waals surface area contributed by atoms with Crippen molar-refractivity contribution in [3.8, 4) is 17.2 Å². The predicted molar refractivity (Wildman–Crippen MR) is 116 cm³/mol. The van der Waals surface area contributed by atoms with Crippen LogP contribution in [0.2, 0.25) is 0 Å². The van der Waals surface area contributed by atoms with Gasteiger partial charge in [-0.3, -0.25) is 4.79 Å². The summed E-state index contributed by atoms with van der Waals surface area (Å²) >= 11 is 1.53. The number of fused-ring (bicyclic) bond motifs is 1. The SMILES string of the molecule is Cc1ccc(C(=O)OCC(=O)N(Cc2cccs2)c2ccc3c(c2)OCCO3)cc1O. The van der Waals surface area contributed by atoms with Gasteiger partial charge < -0.3 is 24.2 Å². The number of hydrogen-bond donors (Lipinski definition) is 1. The number of aromatic hydroxyl groups is 1. The minimum Gasteiger partial charge on any atom is -0.508 e. The van der Waals surface area contributed by atoms with Crippen LogP contribution in [0.4, 0.5) is 5.69 Å². The van der Waals surface area contributed by atoms with E-state index in [9.17, 15) is 14.7 Å². The van der Waals surface area contributed by atoms with E-state index in [2.05, 4.69) is 0 Å². The zero-order valence-electron chi connectivity index (χ0n) is 16.9. The quantitative estimate of drug-likeness (QED) is 0.586. The van der Waals surface area contributed by atoms with Gasteiger partial charge in [0.25, 0.3) is 5.91 Å². The standard InChI is InChI=1S/C23H21NO6S/c1-15-4-5-16(11-19(15)25)23(27)30-14-22(26)24(13-18-3-2-10-31-18)17-6-7-20-21(12-17)29-9-8-28-20/h2-7,10-12,25H,8-9,13-14H2,1H3. The zero-order valence-corrected chi connectivity index (χ0v) is 17.7. The molecule has 0 spiro atoms. The number of esters is 1. The third-order valence-corrected chi connectivity index (χ3v) is 5.67. The lowest BCUT2D eigenvalue weighted by atomic mass is 10.1. The van der Waals surface area contributed by atoms with E-state index in [4.69, 9.17) is 14.2 Å². The number of ether oxygens (including phenoxy) is 3. The second-order valence-corrected chi connectivity index (χ2v) is 8.00. The maximum atomic E-state index is 13.0. The van der Waals surface area contributed by atoms with Crippen molar-refractivity contribution in [2.24, 2.45) is 0 Å². The number of anilines is 1. The van der Waals surface area contributed by atoms with Crippen LogP contribution < -0.4 is 14.4 Å².